The first-order chi connectivity index (χ1) is 13.0. The summed E-state index contributed by atoms with van der Waals surface area (Å²) in [5.41, 5.74) is 2.06. The van der Waals surface area contributed by atoms with Crippen molar-refractivity contribution in [2.24, 2.45) is 0 Å². The van der Waals surface area contributed by atoms with Gasteiger partial charge in [-0.3, -0.25) is 10.1 Å². The molecule has 1 aromatic heterocycles. The zero-order valence-corrected chi connectivity index (χ0v) is 17.2. The number of amides is 1. The maximum atomic E-state index is 12.0. The second-order valence-electron chi connectivity index (χ2n) is 5.40. The Bertz CT molecular complexity index is 939. The van der Waals surface area contributed by atoms with Gasteiger partial charge in [-0.15, -0.1) is 11.3 Å². The lowest BCUT2D eigenvalue weighted by molar-refractivity contribution is -0.119. The van der Waals surface area contributed by atoms with E-state index in [-0.39, 0.29) is 6.61 Å². The smallest absolute Gasteiger partial charge is 0.338 e. The summed E-state index contributed by atoms with van der Waals surface area (Å²) in [4.78, 5) is 28.3. The monoisotopic (exact) mass is 494 g/mol. The number of halogens is 1. The molecule has 138 valence electrons. The van der Waals surface area contributed by atoms with Crippen molar-refractivity contribution in [3.8, 4) is 17.0 Å². The molecule has 27 heavy (non-hydrogen) atoms. The normalized spacial score (nSPS) is 10.3. The van der Waals surface area contributed by atoms with Gasteiger partial charge in [0.05, 0.1) is 18.4 Å². The van der Waals surface area contributed by atoms with Gasteiger partial charge in [-0.1, -0.05) is 0 Å². The number of carbonyl (C=O) groups is 2. The van der Waals surface area contributed by atoms with Crippen LogP contribution in [0.2, 0.25) is 0 Å². The largest absolute Gasteiger partial charge is 0.497 e. The fourth-order valence-corrected chi connectivity index (χ4v) is 3.28. The maximum Gasteiger partial charge on any atom is 0.338 e. The van der Waals surface area contributed by atoms with Crippen LogP contribution in [0, 0.1) is 3.57 Å². The van der Waals surface area contributed by atoms with Crippen molar-refractivity contribution in [3.05, 3.63) is 63.0 Å². The number of esters is 1. The van der Waals surface area contributed by atoms with Crippen molar-refractivity contribution < 1.29 is 19.1 Å². The summed E-state index contributed by atoms with van der Waals surface area (Å²) in [5, 5.41) is 4.92. The molecule has 6 nitrogen and oxygen atoms in total. The molecule has 0 aliphatic heterocycles. The predicted octanol–water partition coefficient (Wildman–Crippen LogP) is 4.22. The van der Waals surface area contributed by atoms with Gasteiger partial charge in [0.1, 0.15) is 5.75 Å². The summed E-state index contributed by atoms with van der Waals surface area (Å²) in [6.07, 6.45) is 0. The van der Waals surface area contributed by atoms with E-state index in [4.69, 9.17) is 9.47 Å². The van der Waals surface area contributed by atoms with Crippen LogP contribution in [0.5, 0.6) is 5.75 Å². The molecule has 1 amide bonds. The van der Waals surface area contributed by atoms with Crippen LogP contribution in [0.3, 0.4) is 0 Å². The van der Waals surface area contributed by atoms with Gasteiger partial charge in [0.15, 0.2) is 11.7 Å². The Kier molecular flexibility index (Phi) is 6.40. The Morgan fingerprint density at radius 2 is 1.81 bits per heavy atom. The first kappa shape index (κ1) is 19.3. The minimum absolute atomic E-state index is 0.373. The molecular weight excluding hydrogens is 479 g/mol. The first-order valence-electron chi connectivity index (χ1n) is 7.87. The van der Waals surface area contributed by atoms with Crippen molar-refractivity contribution in [2.45, 2.75) is 0 Å². The van der Waals surface area contributed by atoms with E-state index in [2.05, 4.69) is 32.9 Å². The van der Waals surface area contributed by atoms with Crippen molar-refractivity contribution in [1.29, 1.82) is 0 Å². The van der Waals surface area contributed by atoms with E-state index in [0.29, 0.717) is 10.7 Å². The molecule has 2 aromatic carbocycles. The van der Waals surface area contributed by atoms with Crippen molar-refractivity contribution >= 4 is 50.9 Å². The van der Waals surface area contributed by atoms with E-state index in [1.807, 2.05) is 29.6 Å². The quantitative estimate of drug-likeness (QED) is 0.410. The lowest BCUT2D eigenvalue weighted by atomic mass is 10.2. The number of methoxy groups -OCH3 is 1. The number of rotatable bonds is 6. The average Bonchev–Trinajstić information content (AvgIpc) is 3.15. The van der Waals surface area contributed by atoms with Gasteiger partial charge in [0.2, 0.25) is 0 Å². The summed E-state index contributed by atoms with van der Waals surface area (Å²) in [7, 11) is 1.61. The maximum absolute atomic E-state index is 12.0. The molecule has 0 radical (unpaired) electrons. The molecule has 1 N–H and O–H groups in total. The fourth-order valence-electron chi connectivity index (χ4n) is 2.18. The molecule has 0 fully saturated rings. The highest BCUT2D eigenvalue weighted by Crippen LogP contribution is 2.26. The molecule has 0 aliphatic rings. The standard InChI is InChI=1S/C19H15IN2O4S/c1-25-15-8-4-12(5-9-15)16-11-27-19(21-16)22-17(23)10-26-18(24)13-2-6-14(20)7-3-13/h2-9,11H,10H2,1H3,(H,21,22,23). The van der Waals surface area contributed by atoms with Gasteiger partial charge in [-0.05, 0) is 71.1 Å². The highest BCUT2D eigenvalue weighted by atomic mass is 127. The first-order valence-corrected chi connectivity index (χ1v) is 9.83. The van der Waals surface area contributed by atoms with Crippen molar-refractivity contribution in [2.75, 3.05) is 19.0 Å². The number of aromatic nitrogens is 1. The molecule has 3 aromatic rings. The van der Waals surface area contributed by atoms with Crippen LogP contribution in [-0.2, 0) is 9.53 Å². The van der Waals surface area contributed by atoms with Gasteiger partial charge >= 0.3 is 5.97 Å². The zero-order valence-electron chi connectivity index (χ0n) is 14.3. The van der Waals surface area contributed by atoms with Gasteiger partial charge < -0.3 is 9.47 Å². The van der Waals surface area contributed by atoms with Crippen LogP contribution in [0.1, 0.15) is 10.4 Å². The summed E-state index contributed by atoms with van der Waals surface area (Å²) in [6.45, 7) is -0.373. The van der Waals surface area contributed by atoms with Gasteiger partial charge in [-0.2, -0.15) is 0 Å². The fraction of sp³-hybridized carbons (Fsp3) is 0.105. The second kappa shape index (κ2) is 8.96. The van der Waals surface area contributed by atoms with Crippen molar-refractivity contribution in [1.82, 2.24) is 4.98 Å². The Hall–Kier alpha value is -2.46. The van der Waals surface area contributed by atoms with Crippen LogP contribution in [0.4, 0.5) is 5.13 Å². The number of benzene rings is 2. The molecule has 0 bridgehead atoms. The number of thiazole rings is 1. The van der Waals surface area contributed by atoms with Gasteiger partial charge in [-0.25, -0.2) is 9.78 Å². The van der Waals surface area contributed by atoms with E-state index >= 15 is 0 Å². The number of ether oxygens (including phenoxy) is 2. The third kappa shape index (κ3) is 5.27. The Morgan fingerprint density at radius 1 is 1.11 bits per heavy atom. The highest BCUT2D eigenvalue weighted by molar-refractivity contribution is 14.1. The highest BCUT2D eigenvalue weighted by Gasteiger charge is 2.12. The number of carbonyl (C=O) groups excluding carboxylic acids is 2. The number of hydrogen-bond donors (Lipinski definition) is 1. The van der Waals surface area contributed by atoms with Gasteiger partial charge in [0.25, 0.3) is 5.91 Å². The van der Waals surface area contributed by atoms with Crippen LogP contribution < -0.4 is 10.1 Å². The SMILES string of the molecule is COc1ccc(-c2csc(NC(=O)COC(=O)c3ccc(I)cc3)n2)cc1. The van der Waals surface area contributed by atoms with E-state index in [1.54, 1.807) is 31.4 Å². The number of nitrogens with zero attached hydrogens (tertiary/aromatic N) is 1. The molecule has 0 saturated carbocycles. The summed E-state index contributed by atoms with van der Waals surface area (Å²) in [5.74, 6) is -0.221. The third-order valence-corrected chi connectivity index (χ3v) is 5.03. The summed E-state index contributed by atoms with van der Waals surface area (Å²) >= 11 is 3.44. The molecule has 0 aliphatic carbocycles. The number of anilines is 1. The predicted molar refractivity (Wildman–Crippen MR) is 112 cm³/mol. The van der Waals surface area contributed by atoms with E-state index < -0.39 is 11.9 Å². The molecule has 3 rings (SSSR count). The van der Waals surface area contributed by atoms with E-state index in [0.717, 1.165) is 20.6 Å². The minimum atomic E-state index is -0.542. The third-order valence-electron chi connectivity index (χ3n) is 3.55. The molecular formula is C19H15IN2O4S. The second-order valence-corrected chi connectivity index (χ2v) is 7.50. The lowest BCUT2D eigenvalue weighted by Gasteiger charge is -2.05. The Labute approximate surface area is 173 Å². The summed E-state index contributed by atoms with van der Waals surface area (Å²) < 4.78 is 11.2. The molecule has 0 saturated heterocycles. The Balaban J connectivity index is 1.54. The van der Waals surface area contributed by atoms with Crippen LogP contribution >= 0.6 is 33.9 Å². The van der Waals surface area contributed by atoms with Crippen LogP contribution in [0.15, 0.2) is 53.9 Å². The molecule has 0 atom stereocenters. The topological polar surface area (TPSA) is 77.5 Å². The summed E-state index contributed by atoms with van der Waals surface area (Å²) in [6, 6.07) is 14.4. The lowest BCUT2D eigenvalue weighted by Crippen LogP contribution is -2.20. The average molecular weight is 494 g/mol. The zero-order chi connectivity index (χ0) is 19.2. The molecule has 8 heteroatoms. The molecule has 0 unspecified atom stereocenters. The Morgan fingerprint density at radius 3 is 2.48 bits per heavy atom. The van der Waals surface area contributed by atoms with Crippen LogP contribution in [-0.4, -0.2) is 30.6 Å². The van der Waals surface area contributed by atoms with Gasteiger partial charge in [0, 0.05) is 14.5 Å². The number of hydrogen-bond acceptors (Lipinski definition) is 6. The molecule has 0 spiro atoms. The number of nitrogens with one attached hydrogen (secondary N) is 1. The minimum Gasteiger partial charge on any atom is -0.497 e. The van der Waals surface area contributed by atoms with E-state index in [9.17, 15) is 9.59 Å². The molecule has 1 heterocycles. The van der Waals surface area contributed by atoms with Crippen molar-refractivity contribution in [3.63, 3.8) is 0 Å². The van der Waals surface area contributed by atoms with Crippen LogP contribution in [0.25, 0.3) is 11.3 Å². The van der Waals surface area contributed by atoms with E-state index in [1.165, 1.54) is 11.3 Å².